The standard InChI is InChI=1S/C24H30N2O2S/c1-15(2)11-22-26(24(28)19-8-6-7-16(3)12-19)21(14-29-22)23(27)25-20-10-9-17(4)18(5)13-20/h6-10,12-13,15,21-22H,11,14H2,1-5H3,(H,25,27). The molecule has 1 aliphatic rings. The highest BCUT2D eigenvalue weighted by molar-refractivity contribution is 8.00. The van der Waals surface area contributed by atoms with Crippen LogP contribution in [0.25, 0.3) is 0 Å². The van der Waals surface area contributed by atoms with E-state index in [4.69, 9.17) is 0 Å². The number of hydrogen-bond donors (Lipinski definition) is 1. The number of rotatable bonds is 5. The van der Waals surface area contributed by atoms with Crippen molar-refractivity contribution >= 4 is 29.3 Å². The zero-order valence-corrected chi connectivity index (χ0v) is 18.7. The monoisotopic (exact) mass is 410 g/mol. The molecule has 0 radical (unpaired) electrons. The van der Waals surface area contributed by atoms with Gasteiger partial charge in [-0.25, -0.2) is 0 Å². The maximum Gasteiger partial charge on any atom is 0.255 e. The van der Waals surface area contributed by atoms with Gasteiger partial charge in [0.2, 0.25) is 5.91 Å². The smallest absolute Gasteiger partial charge is 0.255 e. The number of carbonyl (C=O) groups excluding carboxylic acids is 2. The summed E-state index contributed by atoms with van der Waals surface area (Å²) in [4.78, 5) is 28.3. The number of anilines is 1. The predicted molar refractivity (Wildman–Crippen MR) is 121 cm³/mol. The zero-order valence-electron chi connectivity index (χ0n) is 17.9. The van der Waals surface area contributed by atoms with Gasteiger partial charge in [-0.1, -0.05) is 37.6 Å². The van der Waals surface area contributed by atoms with E-state index < -0.39 is 6.04 Å². The highest BCUT2D eigenvalue weighted by Gasteiger charge is 2.42. The van der Waals surface area contributed by atoms with E-state index in [1.165, 1.54) is 5.56 Å². The van der Waals surface area contributed by atoms with Crippen molar-refractivity contribution in [3.05, 3.63) is 64.7 Å². The average molecular weight is 411 g/mol. The number of carbonyl (C=O) groups is 2. The second-order valence-electron chi connectivity index (χ2n) is 8.30. The van der Waals surface area contributed by atoms with E-state index >= 15 is 0 Å². The fourth-order valence-electron chi connectivity index (χ4n) is 3.59. The normalized spacial score (nSPS) is 18.9. The molecule has 29 heavy (non-hydrogen) atoms. The van der Waals surface area contributed by atoms with Gasteiger partial charge in [0.15, 0.2) is 0 Å². The lowest BCUT2D eigenvalue weighted by molar-refractivity contribution is -0.119. The van der Waals surface area contributed by atoms with Gasteiger partial charge in [0, 0.05) is 17.0 Å². The number of thioether (sulfide) groups is 1. The average Bonchev–Trinajstić information content (AvgIpc) is 3.07. The molecule has 0 aliphatic carbocycles. The molecule has 2 aromatic carbocycles. The van der Waals surface area contributed by atoms with Crippen molar-refractivity contribution in [2.24, 2.45) is 5.92 Å². The number of amides is 2. The fraction of sp³-hybridized carbons (Fsp3) is 0.417. The van der Waals surface area contributed by atoms with Crippen LogP contribution in [0.2, 0.25) is 0 Å². The minimum atomic E-state index is -0.474. The predicted octanol–water partition coefficient (Wildman–Crippen LogP) is 5.18. The SMILES string of the molecule is Cc1cccc(C(=O)N2C(CC(C)C)SCC2C(=O)Nc2ccc(C)c(C)c2)c1. The molecular formula is C24H30N2O2S. The van der Waals surface area contributed by atoms with Crippen LogP contribution in [0.5, 0.6) is 0 Å². The van der Waals surface area contributed by atoms with Crippen LogP contribution in [0.15, 0.2) is 42.5 Å². The summed E-state index contributed by atoms with van der Waals surface area (Å²) in [6, 6.07) is 13.0. The number of nitrogens with one attached hydrogen (secondary N) is 1. The van der Waals surface area contributed by atoms with Gasteiger partial charge in [0.05, 0.1) is 5.37 Å². The molecule has 2 atom stereocenters. The molecule has 2 amide bonds. The molecule has 0 spiro atoms. The Morgan fingerprint density at radius 3 is 2.52 bits per heavy atom. The summed E-state index contributed by atoms with van der Waals surface area (Å²) < 4.78 is 0. The summed E-state index contributed by atoms with van der Waals surface area (Å²) in [6.45, 7) is 10.4. The van der Waals surface area contributed by atoms with Gasteiger partial charge in [-0.2, -0.15) is 0 Å². The topological polar surface area (TPSA) is 49.4 Å². The lowest BCUT2D eigenvalue weighted by Gasteiger charge is -2.30. The van der Waals surface area contributed by atoms with Crippen molar-refractivity contribution in [2.45, 2.75) is 52.5 Å². The fourth-order valence-corrected chi connectivity index (χ4v) is 5.24. The highest BCUT2D eigenvalue weighted by Crippen LogP contribution is 2.35. The van der Waals surface area contributed by atoms with E-state index in [1.807, 2.05) is 63.2 Å². The zero-order chi connectivity index (χ0) is 21.1. The summed E-state index contributed by atoms with van der Waals surface area (Å²) in [6.07, 6.45) is 0.871. The lowest BCUT2D eigenvalue weighted by Crippen LogP contribution is -2.48. The van der Waals surface area contributed by atoms with Crippen LogP contribution in [0, 0.1) is 26.7 Å². The van der Waals surface area contributed by atoms with E-state index in [2.05, 4.69) is 19.2 Å². The second-order valence-corrected chi connectivity index (χ2v) is 9.51. The number of aryl methyl sites for hydroxylation is 3. The Bertz CT molecular complexity index is 910. The van der Waals surface area contributed by atoms with Gasteiger partial charge >= 0.3 is 0 Å². The molecule has 0 aromatic heterocycles. The van der Waals surface area contributed by atoms with Crippen molar-refractivity contribution in [1.29, 1.82) is 0 Å². The summed E-state index contributed by atoms with van der Waals surface area (Å²) >= 11 is 1.70. The van der Waals surface area contributed by atoms with Gasteiger partial charge in [0.25, 0.3) is 5.91 Å². The maximum absolute atomic E-state index is 13.4. The molecule has 154 valence electrons. The molecule has 1 aliphatic heterocycles. The number of hydrogen-bond acceptors (Lipinski definition) is 3. The van der Waals surface area contributed by atoms with Crippen molar-refractivity contribution < 1.29 is 9.59 Å². The van der Waals surface area contributed by atoms with Gasteiger partial charge < -0.3 is 10.2 Å². The summed E-state index contributed by atoms with van der Waals surface area (Å²) in [5.74, 6) is 0.880. The van der Waals surface area contributed by atoms with Crippen molar-refractivity contribution in [3.8, 4) is 0 Å². The van der Waals surface area contributed by atoms with Crippen LogP contribution in [0.4, 0.5) is 5.69 Å². The van der Waals surface area contributed by atoms with E-state index in [1.54, 1.807) is 16.7 Å². The lowest BCUT2D eigenvalue weighted by atomic mass is 10.1. The van der Waals surface area contributed by atoms with Crippen molar-refractivity contribution in [2.75, 3.05) is 11.1 Å². The van der Waals surface area contributed by atoms with E-state index in [-0.39, 0.29) is 17.2 Å². The number of benzene rings is 2. The molecule has 4 nitrogen and oxygen atoms in total. The third kappa shape index (κ3) is 5.02. The first-order valence-corrected chi connectivity index (χ1v) is 11.2. The van der Waals surface area contributed by atoms with Crippen LogP contribution in [-0.4, -0.2) is 33.9 Å². The summed E-state index contributed by atoms with van der Waals surface area (Å²) in [7, 11) is 0. The Kier molecular flexibility index (Phi) is 6.68. The Morgan fingerprint density at radius 1 is 1.10 bits per heavy atom. The molecule has 0 saturated carbocycles. The number of nitrogens with zero attached hydrogens (tertiary/aromatic N) is 1. The third-order valence-electron chi connectivity index (χ3n) is 5.34. The first-order chi connectivity index (χ1) is 13.8. The Labute approximate surface area is 178 Å². The molecule has 2 unspecified atom stereocenters. The highest BCUT2D eigenvalue weighted by atomic mass is 32.2. The molecule has 3 rings (SSSR count). The first kappa shape index (κ1) is 21.4. The quantitative estimate of drug-likeness (QED) is 0.739. The Balaban J connectivity index is 1.85. The first-order valence-electron chi connectivity index (χ1n) is 10.2. The molecule has 1 fully saturated rings. The summed E-state index contributed by atoms with van der Waals surface area (Å²) in [5.41, 5.74) is 4.78. The molecule has 0 bridgehead atoms. The van der Waals surface area contributed by atoms with Crippen LogP contribution >= 0.6 is 11.8 Å². The largest absolute Gasteiger partial charge is 0.324 e. The van der Waals surface area contributed by atoms with Gasteiger partial charge in [-0.3, -0.25) is 9.59 Å². The second kappa shape index (κ2) is 9.04. The molecule has 1 N–H and O–H groups in total. The van der Waals surface area contributed by atoms with Gasteiger partial charge in [-0.05, 0) is 68.5 Å². The summed E-state index contributed by atoms with van der Waals surface area (Å²) in [5, 5.41) is 3.04. The Morgan fingerprint density at radius 2 is 1.86 bits per heavy atom. The Hall–Kier alpha value is -2.27. The van der Waals surface area contributed by atoms with Gasteiger partial charge in [0.1, 0.15) is 6.04 Å². The van der Waals surface area contributed by atoms with E-state index in [9.17, 15) is 9.59 Å². The molecule has 1 saturated heterocycles. The van der Waals surface area contributed by atoms with E-state index in [0.29, 0.717) is 17.2 Å². The minimum Gasteiger partial charge on any atom is -0.324 e. The molecule has 5 heteroatoms. The van der Waals surface area contributed by atoms with E-state index in [0.717, 1.165) is 23.2 Å². The third-order valence-corrected chi connectivity index (χ3v) is 6.65. The van der Waals surface area contributed by atoms with Crippen LogP contribution in [-0.2, 0) is 4.79 Å². The van der Waals surface area contributed by atoms with Crippen molar-refractivity contribution in [1.82, 2.24) is 4.90 Å². The van der Waals surface area contributed by atoms with Crippen LogP contribution in [0.1, 0.15) is 47.3 Å². The molecule has 2 aromatic rings. The van der Waals surface area contributed by atoms with Crippen LogP contribution in [0.3, 0.4) is 0 Å². The minimum absolute atomic E-state index is 0.0125. The maximum atomic E-state index is 13.4. The van der Waals surface area contributed by atoms with Crippen molar-refractivity contribution in [3.63, 3.8) is 0 Å². The van der Waals surface area contributed by atoms with Crippen LogP contribution < -0.4 is 5.32 Å². The molecule has 1 heterocycles. The van der Waals surface area contributed by atoms with Gasteiger partial charge in [-0.15, -0.1) is 11.8 Å². The molecular weight excluding hydrogens is 380 g/mol.